The quantitative estimate of drug-likeness (QED) is 0.366. The Morgan fingerprint density at radius 2 is 1.89 bits per heavy atom. The largest absolute Gasteiger partial charge is 0.443 e. The first kappa shape index (κ1) is 22.4. The molecule has 2 aliphatic carbocycles. The van der Waals surface area contributed by atoms with Crippen molar-refractivity contribution in [1.82, 2.24) is 25.1 Å². The summed E-state index contributed by atoms with van der Waals surface area (Å²) in [5.41, 5.74) is 2.56. The summed E-state index contributed by atoms with van der Waals surface area (Å²) in [6.07, 6.45) is 6.44. The smallest absolute Gasteiger partial charge is 0.246 e. The Kier molecular flexibility index (Phi) is 4.80. The molecule has 180 valence electrons. The number of halogens is 2. The summed E-state index contributed by atoms with van der Waals surface area (Å²) >= 11 is 0. The molecule has 1 saturated carbocycles. The molecule has 3 atom stereocenters. The van der Waals surface area contributed by atoms with Crippen LogP contribution in [0.2, 0.25) is 0 Å². The van der Waals surface area contributed by atoms with Crippen LogP contribution in [-0.2, 0) is 5.41 Å². The molecule has 0 radical (unpaired) electrons. The van der Waals surface area contributed by atoms with Crippen LogP contribution in [0.1, 0.15) is 68.1 Å². The lowest BCUT2D eigenvalue weighted by Crippen LogP contribution is -2.38. The number of aromatic nitrogens is 5. The lowest BCUT2D eigenvalue weighted by Gasteiger charge is -2.37. The Balaban J connectivity index is 1.48. The summed E-state index contributed by atoms with van der Waals surface area (Å²) in [5.74, 6) is -1.34. The van der Waals surface area contributed by atoms with Gasteiger partial charge in [0, 0.05) is 6.20 Å². The van der Waals surface area contributed by atoms with Crippen molar-refractivity contribution in [2.24, 2.45) is 5.41 Å². The summed E-state index contributed by atoms with van der Waals surface area (Å²) in [7, 11) is 0. The normalized spacial score (nSPS) is 22.3. The molecule has 0 amide bonds. The number of rotatable bonds is 4. The van der Waals surface area contributed by atoms with E-state index < -0.39 is 23.0 Å². The highest BCUT2D eigenvalue weighted by Crippen LogP contribution is 2.69. The van der Waals surface area contributed by atoms with Gasteiger partial charge in [-0.3, -0.25) is 4.98 Å². The summed E-state index contributed by atoms with van der Waals surface area (Å²) in [6.45, 7) is 6.09. The van der Waals surface area contributed by atoms with E-state index in [1.165, 1.54) is 24.5 Å². The van der Waals surface area contributed by atoms with Crippen LogP contribution in [0.15, 0.2) is 47.3 Å². The average molecular weight is 485 g/mol. The van der Waals surface area contributed by atoms with Gasteiger partial charge >= 0.3 is 0 Å². The van der Waals surface area contributed by atoms with Gasteiger partial charge in [-0.25, -0.2) is 18.7 Å². The van der Waals surface area contributed by atoms with Gasteiger partial charge in [-0.2, -0.15) is 10.4 Å². The van der Waals surface area contributed by atoms with Crippen molar-refractivity contribution in [1.29, 1.82) is 5.26 Å². The van der Waals surface area contributed by atoms with Gasteiger partial charge in [-0.05, 0) is 54.9 Å². The first-order valence-corrected chi connectivity index (χ1v) is 11.8. The Morgan fingerprint density at radius 1 is 1.11 bits per heavy atom. The third-order valence-corrected chi connectivity index (χ3v) is 8.05. The number of oxazole rings is 1. The minimum Gasteiger partial charge on any atom is -0.443 e. The van der Waals surface area contributed by atoms with E-state index in [1.807, 2.05) is 0 Å². The van der Waals surface area contributed by atoms with E-state index in [0.29, 0.717) is 17.3 Å². The molecule has 1 unspecified atom stereocenters. The van der Waals surface area contributed by atoms with Crippen molar-refractivity contribution in [2.45, 2.75) is 50.9 Å². The monoisotopic (exact) mass is 484 g/mol. The highest BCUT2D eigenvalue weighted by atomic mass is 19.1. The third kappa shape index (κ3) is 2.90. The van der Waals surface area contributed by atoms with Crippen molar-refractivity contribution < 1.29 is 13.2 Å². The second-order valence-electron chi connectivity index (χ2n) is 10.1. The van der Waals surface area contributed by atoms with Crippen molar-refractivity contribution in [3.63, 3.8) is 0 Å². The van der Waals surface area contributed by atoms with Crippen LogP contribution in [0.3, 0.4) is 0 Å². The zero-order valence-electron chi connectivity index (χ0n) is 20.0. The number of fused-ring (bicyclic) bond motifs is 5. The van der Waals surface area contributed by atoms with Crippen molar-refractivity contribution >= 4 is 0 Å². The zero-order valence-corrected chi connectivity index (χ0v) is 20.0. The molecule has 36 heavy (non-hydrogen) atoms. The average Bonchev–Trinajstić information content (AvgIpc) is 3.52. The van der Waals surface area contributed by atoms with Gasteiger partial charge in [0.2, 0.25) is 5.89 Å². The molecule has 0 aliphatic heterocycles. The van der Waals surface area contributed by atoms with Crippen LogP contribution in [-0.4, -0.2) is 25.1 Å². The van der Waals surface area contributed by atoms with Crippen LogP contribution in [0.4, 0.5) is 8.78 Å². The van der Waals surface area contributed by atoms with Gasteiger partial charge in [0.15, 0.2) is 0 Å². The molecule has 4 aromatic rings. The fraction of sp³-hybridized carbons (Fsp3) is 0.333. The Hall–Kier alpha value is -4.06. The molecule has 1 fully saturated rings. The SMILES string of the molecule is CC(C#N)c1coc(-c2cncc([C@@]34CC[C@@H](c5cc(-c6c(F)cccc6F)nnc53)C4(C)C)n2)n1. The number of benzene rings is 1. The van der Waals surface area contributed by atoms with Crippen LogP contribution in [0.25, 0.3) is 22.8 Å². The van der Waals surface area contributed by atoms with Crippen molar-refractivity contribution in [3.8, 4) is 28.9 Å². The van der Waals surface area contributed by atoms with E-state index >= 15 is 0 Å². The summed E-state index contributed by atoms with van der Waals surface area (Å²) in [6, 6.07) is 7.69. The molecular formula is C27H22F2N6O. The van der Waals surface area contributed by atoms with Crippen LogP contribution < -0.4 is 0 Å². The standard InChI is InChI=1S/C27H22F2N6O/c1-14(10-30)21-13-36-25(33-21)20-11-31-12-22(32-20)27-8-7-16(26(27,2)3)15-9-19(34-35-24(15)27)23-17(28)5-4-6-18(23)29/h4-6,9,11-14,16H,7-8H2,1-3H3/t14?,16-,27-/m0/s1. The van der Waals surface area contributed by atoms with Crippen LogP contribution in [0, 0.1) is 28.4 Å². The van der Waals surface area contributed by atoms with Crippen molar-refractivity contribution in [3.05, 3.63) is 77.2 Å². The number of hydrogen-bond donors (Lipinski definition) is 0. The fourth-order valence-electron chi connectivity index (χ4n) is 6.10. The highest BCUT2D eigenvalue weighted by Gasteiger charge is 2.65. The topological polar surface area (TPSA) is 101 Å². The molecule has 2 aliphatic rings. The Labute approximate surface area is 206 Å². The molecule has 3 aromatic heterocycles. The van der Waals surface area contributed by atoms with Crippen LogP contribution in [0.5, 0.6) is 0 Å². The molecule has 2 bridgehead atoms. The summed E-state index contributed by atoms with van der Waals surface area (Å²) in [5, 5.41) is 18.0. The molecule has 6 rings (SSSR count). The summed E-state index contributed by atoms with van der Waals surface area (Å²) < 4.78 is 34.6. The van der Waals surface area contributed by atoms with E-state index in [4.69, 9.17) is 9.40 Å². The Morgan fingerprint density at radius 3 is 2.64 bits per heavy atom. The number of nitriles is 1. The maximum Gasteiger partial charge on any atom is 0.246 e. The minimum atomic E-state index is -0.670. The molecule has 7 nitrogen and oxygen atoms in total. The second-order valence-corrected chi connectivity index (χ2v) is 10.1. The number of hydrogen-bond acceptors (Lipinski definition) is 7. The molecule has 0 saturated heterocycles. The zero-order chi connectivity index (χ0) is 25.2. The maximum absolute atomic E-state index is 14.5. The van der Waals surface area contributed by atoms with Crippen LogP contribution >= 0.6 is 0 Å². The van der Waals surface area contributed by atoms with Crippen molar-refractivity contribution in [2.75, 3.05) is 0 Å². The lowest BCUT2D eigenvalue weighted by atomic mass is 9.66. The van der Waals surface area contributed by atoms with Gasteiger partial charge in [0.25, 0.3) is 0 Å². The van der Waals surface area contributed by atoms with Gasteiger partial charge in [-0.1, -0.05) is 19.9 Å². The Bertz CT molecular complexity index is 1540. The van der Waals surface area contributed by atoms with Gasteiger partial charge in [-0.15, -0.1) is 5.10 Å². The van der Waals surface area contributed by atoms with E-state index in [1.54, 1.807) is 25.4 Å². The fourth-order valence-corrected chi connectivity index (χ4v) is 6.10. The molecule has 1 aromatic carbocycles. The number of nitrogens with zero attached hydrogens (tertiary/aromatic N) is 6. The first-order valence-electron chi connectivity index (χ1n) is 11.8. The van der Waals surface area contributed by atoms with E-state index in [0.717, 1.165) is 29.8 Å². The third-order valence-electron chi connectivity index (χ3n) is 8.05. The molecule has 3 heterocycles. The lowest BCUT2D eigenvalue weighted by molar-refractivity contribution is 0.242. The predicted octanol–water partition coefficient (Wildman–Crippen LogP) is 5.70. The van der Waals surface area contributed by atoms with E-state index in [-0.39, 0.29) is 22.6 Å². The predicted molar refractivity (Wildman–Crippen MR) is 125 cm³/mol. The van der Waals surface area contributed by atoms with Gasteiger partial charge < -0.3 is 4.42 Å². The maximum atomic E-state index is 14.5. The molecule has 0 N–H and O–H groups in total. The van der Waals surface area contributed by atoms with E-state index in [9.17, 15) is 14.0 Å². The van der Waals surface area contributed by atoms with Gasteiger partial charge in [0.05, 0.1) is 51.9 Å². The van der Waals surface area contributed by atoms with E-state index in [2.05, 4.69) is 40.1 Å². The highest BCUT2D eigenvalue weighted by molar-refractivity contribution is 5.64. The second kappa shape index (κ2) is 7.72. The van der Waals surface area contributed by atoms with Gasteiger partial charge in [0.1, 0.15) is 23.6 Å². The molecular weight excluding hydrogens is 462 g/mol. The first-order chi connectivity index (χ1) is 17.3. The molecule has 0 spiro atoms. The summed E-state index contributed by atoms with van der Waals surface area (Å²) in [4.78, 5) is 13.8. The minimum absolute atomic E-state index is 0.117. The molecule has 9 heteroatoms.